The van der Waals surface area contributed by atoms with Crippen molar-refractivity contribution in [2.24, 2.45) is 5.92 Å². The Morgan fingerprint density at radius 1 is 0.867 bits per heavy atom. The second kappa shape index (κ2) is 13.5. The highest BCUT2D eigenvalue weighted by molar-refractivity contribution is 5.34. The van der Waals surface area contributed by atoms with E-state index in [1.165, 1.54) is 29.5 Å². The molecule has 0 aliphatic carbocycles. The van der Waals surface area contributed by atoms with Crippen LogP contribution < -0.4 is 10.1 Å². The van der Waals surface area contributed by atoms with Gasteiger partial charge in [-0.1, -0.05) is 76.9 Å². The summed E-state index contributed by atoms with van der Waals surface area (Å²) in [5.41, 5.74) is 3.90. The van der Waals surface area contributed by atoms with Gasteiger partial charge in [-0.25, -0.2) is 0 Å². The molecule has 3 nitrogen and oxygen atoms in total. The van der Waals surface area contributed by atoms with Crippen molar-refractivity contribution in [3.05, 3.63) is 65.2 Å². The highest BCUT2D eigenvalue weighted by Crippen LogP contribution is 2.32. The molecule has 3 atom stereocenters. The first-order chi connectivity index (χ1) is 14.6. The summed E-state index contributed by atoms with van der Waals surface area (Å²) in [6.07, 6.45) is 3.64. The minimum absolute atomic E-state index is 0.000870. The Hall–Kier alpha value is -1.84. The smallest absolute Gasteiger partial charge is 0.121 e. The van der Waals surface area contributed by atoms with E-state index in [4.69, 9.17) is 9.47 Å². The Labute approximate surface area is 184 Å². The molecule has 0 spiro atoms. The molecule has 1 N–H and O–H groups in total. The molecule has 30 heavy (non-hydrogen) atoms. The van der Waals surface area contributed by atoms with Gasteiger partial charge in [0.25, 0.3) is 0 Å². The van der Waals surface area contributed by atoms with Crippen LogP contribution >= 0.6 is 0 Å². The van der Waals surface area contributed by atoms with E-state index in [1.54, 1.807) is 0 Å². The van der Waals surface area contributed by atoms with E-state index in [1.807, 2.05) is 0 Å². The summed E-state index contributed by atoms with van der Waals surface area (Å²) in [6.45, 7) is 14.6. The first-order valence-electron chi connectivity index (χ1n) is 11.7. The molecular weight excluding hydrogens is 370 g/mol. The molecule has 0 amide bonds. The van der Waals surface area contributed by atoms with Crippen LogP contribution in [0.15, 0.2) is 48.5 Å². The fraction of sp³-hybridized carbons (Fsp3) is 0.556. The summed E-state index contributed by atoms with van der Waals surface area (Å²) >= 11 is 0. The zero-order valence-electron chi connectivity index (χ0n) is 19.6. The van der Waals surface area contributed by atoms with E-state index < -0.39 is 0 Å². The number of rotatable bonds is 14. The molecule has 2 aromatic carbocycles. The normalized spacial score (nSPS) is 14.3. The highest BCUT2D eigenvalue weighted by atomic mass is 16.5. The van der Waals surface area contributed by atoms with Crippen LogP contribution in [0, 0.1) is 5.92 Å². The van der Waals surface area contributed by atoms with Crippen LogP contribution in [0.25, 0.3) is 0 Å². The minimum Gasteiger partial charge on any atom is -0.486 e. The van der Waals surface area contributed by atoms with Gasteiger partial charge in [0.1, 0.15) is 11.9 Å². The standard InChI is InChI=1S/C27H41NO2/c1-6-8-11-18-29-20-21(3)22(4)26-12-9-10-13-27(26)23(5)30-25-16-14-24(15-17-25)19-28-7-2/h9-10,12-17,21-23,28H,6-8,11,18-20H2,1-5H3. The monoisotopic (exact) mass is 411 g/mol. The summed E-state index contributed by atoms with van der Waals surface area (Å²) in [5.74, 6) is 1.80. The van der Waals surface area contributed by atoms with E-state index in [2.05, 4.69) is 88.5 Å². The van der Waals surface area contributed by atoms with Gasteiger partial charge in [-0.05, 0) is 60.5 Å². The van der Waals surface area contributed by atoms with Crippen LogP contribution in [0.5, 0.6) is 5.75 Å². The van der Waals surface area contributed by atoms with Crippen molar-refractivity contribution in [2.45, 2.75) is 72.4 Å². The molecule has 0 heterocycles. The predicted octanol–water partition coefficient (Wildman–Crippen LogP) is 6.88. The number of nitrogens with one attached hydrogen (secondary N) is 1. The zero-order chi connectivity index (χ0) is 21.8. The van der Waals surface area contributed by atoms with Gasteiger partial charge in [0, 0.05) is 19.8 Å². The predicted molar refractivity (Wildman–Crippen MR) is 127 cm³/mol. The van der Waals surface area contributed by atoms with Crippen LogP contribution in [0.2, 0.25) is 0 Å². The molecule has 0 bridgehead atoms. The Bertz CT molecular complexity index is 713. The summed E-state index contributed by atoms with van der Waals surface area (Å²) in [6, 6.07) is 17.1. The molecule has 0 fully saturated rings. The Kier molecular flexibility index (Phi) is 11.0. The Morgan fingerprint density at radius 3 is 2.23 bits per heavy atom. The molecule has 0 aliphatic heterocycles. The fourth-order valence-corrected chi connectivity index (χ4v) is 3.69. The number of benzene rings is 2. The maximum absolute atomic E-state index is 6.30. The van der Waals surface area contributed by atoms with Gasteiger partial charge < -0.3 is 14.8 Å². The third-order valence-corrected chi connectivity index (χ3v) is 5.87. The average Bonchev–Trinajstić information content (AvgIpc) is 2.77. The molecule has 0 saturated heterocycles. The second-order valence-corrected chi connectivity index (χ2v) is 8.36. The quantitative estimate of drug-likeness (QED) is 0.344. The summed E-state index contributed by atoms with van der Waals surface area (Å²) in [5, 5.41) is 3.35. The van der Waals surface area contributed by atoms with Gasteiger partial charge >= 0.3 is 0 Å². The van der Waals surface area contributed by atoms with Crippen molar-refractivity contribution in [3.8, 4) is 5.75 Å². The van der Waals surface area contributed by atoms with E-state index in [9.17, 15) is 0 Å². The third-order valence-electron chi connectivity index (χ3n) is 5.87. The van der Waals surface area contributed by atoms with E-state index in [0.29, 0.717) is 11.8 Å². The molecule has 3 unspecified atom stereocenters. The fourth-order valence-electron chi connectivity index (χ4n) is 3.69. The summed E-state index contributed by atoms with van der Waals surface area (Å²) in [4.78, 5) is 0. The lowest BCUT2D eigenvalue weighted by Crippen LogP contribution is -2.17. The summed E-state index contributed by atoms with van der Waals surface area (Å²) in [7, 11) is 0. The maximum atomic E-state index is 6.30. The lowest BCUT2D eigenvalue weighted by atomic mass is 9.85. The molecule has 166 valence electrons. The van der Waals surface area contributed by atoms with Crippen LogP contribution in [-0.4, -0.2) is 19.8 Å². The Balaban J connectivity index is 1.99. The van der Waals surface area contributed by atoms with Crippen LogP contribution in [-0.2, 0) is 11.3 Å². The van der Waals surface area contributed by atoms with Crippen molar-refractivity contribution in [2.75, 3.05) is 19.8 Å². The zero-order valence-corrected chi connectivity index (χ0v) is 19.6. The molecule has 2 rings (SSSR count). The first kappa shape index (κ1) is 24.4. The van der Waals surface area contributed by atoms with Gasteiger partial charge in [0.2, 0.25) is 0 Å². The minimum atomic E-state index is 0.000870. The molecule has 0 saturated carbocycles. The van der Waals surface area contributed by atoms with E-state index in [0.717, 1.165) is 38.5 Å². The lowest BCUT2D eigenvalue weighted by molar-refractivity contribution is 0.0941. The van der Waals surface area contributed by atoms with Crippen molar-refractivity contribution in [1.29, 1.82) is 0 Å². The first-order valence-corrected chi connectivity index (χ1v) is 11.7. The number of ether oxygens (including phenoxy) is 2. The second-order valence-electron chi connectivity index (χ2n) is 8.36. The van der Waals surface area contributed by atoms with Gasteiger partial charge in [0.05, 0.1) is 0 Å². The average molecular weight is 412 g/mol. The van der Waals surface area contributed by atoms with E-state index in [-0.39, 0.29) is 6.10 Å². The maximum Gasteiger partial charge on any atom is 0.121 e. The van der Waals surface area contributed by atoms with Crippen molar-refractivity contribution < 1.29 is 9.47 Å². The number of hydrogen-bond acceptors (Lipinski definition) is 3. The SMILES string of the molecule is CCCCCOCC(C)C(C)c1ccccc1C(C)Oc1ccc(CNCC)cc1. The molecule has 0 aromatic heterocycles. The van der Waals surface area contributed by atoms with Crippen LogP contribution in [0.4, 0.5) is 0 Å². The number of unbranched alkanes of at least 4 members (excludes halogenated alkanes) is 2. The number of hydrogen-bond donors (Lipinski definition) is 1. The summed E-state index contributed by atoms with van der Waals surface area (Å²) < 4.78 is 12.2. The van der Waals surface area contributed by atoms with Crippen molar-refractivity contribution in [1.82, 2.24) is 5.32 Å². The lowest BCUT2D eigenvalue weighted by Gasteiger charge is -2.26. The molecule has 2 aromatic rings. The Morgan fingerprint density at radius 2 is 1.57 bits per heavy atom. The highest BCUT2D eigenvalue weighted by Gasteiger charge is 2.21. The van der Waals surface area contributed by atoms with E-state index >= 15 is 0 Å². The molecule has 0 aliphatic rings. The molecule has 0 radical (unpaired) electrons. The largest absolute Gasteiger partial charge is 0.486 e. The van der Waals surface area contributed by atoms with Gasteiger partial charge in [0.15, 0.2) is 0 Å². The van der Waals surface area contributed by atoms with Crippen molar-refractivity contribution in [3.63, 3.8) is 0 Å². The molecular formula is C27H41NO2. The van der Waals surface area contributed by atoms with Crippen molar-refractivity contribution >= 4 is 0 Å². The topological polar surface area (TPSA) is 30.5 Å². The van der Waals surface area contributed by atoms with Gasteiger partial charge in [-0.15, -0.1) is 0 Å². The van der Waals surface area contributed by atoms with Gasteiger partial charge in [-0.2, -0.15) is 0 Å². The third kappa shape index (κ3) is 7.77. The van der Waals surface area contributed by atoms with Crippen LogP contribution in [0.1, 0.15) is 82.6 Å². The molecule has 3 heteroatoms. The van der Waals surface area contributed by atoms with Gasteiger partial charge in [-0.3, -0.25) is 0 Å². The van der Waals surface area contributed by atoms with Crippen LogP contribution in [0.3, 0.4) is 0 Å².